The van der Waals surface area contributed by atoms with E-state index in [-0.39, 0.29) is 0 Å². The van der Waals surface area contributed by atoms with E-state index in [1.54, 1.807) is 0 Å². The molecule has 1 heterocycles. The van der Waals surface area contributed by atoms with Crippen LogP contribution in [0.15, 0.2) is 0 Å². The Hall–Kier alpha value is -0.0800. The highest BCUT2D eigenvalue weighted by Gasteiger charge is 2.40. The summed E-state index contributed by atoms with van der Waals surface area (Å²) >= 11 is 0. The predicted molar refractivity (Wildman–Crippen MR) is 83.5 cm³/mol. The summed E-state index contributed by atoms with van der Waals surface area (Å²) in [6.07, 6.45) is 11.2. The van der Waals surface area contributed by atoms with Crippen LogP contribution in [-0.4, -0.2) is 36.1 Å². The van der Waals surface area contributed by atoms with Crippen molar-refractivity contribution in [1.82, 2.24) is 10.2 Å². The third-order valence-corrected chi connectivity index (χ3v) is 5.70. The fourth-order valence-electron chi connectivity index (χ4n) is 4.67. The quantitative estimate of drug-likeness (QED) is 0.814. The molecule has 2 nitrogen and oxygen atoms in total. The second-order valence-electron chi connectivity index (χ2n) is 6.87. The molecule has 2 heteroatoms. The summed E-state index contributed by atoms with van der Waals surface area (Å²) in [7, 11) is 2.17. The number of hydrogen-bond acceptors (Lipinski definition) is 2. The normalized spacial score (nSPS) is 40.7. The lowest BCUT2D eigenvalue weighted by atomic mass is 9.79. The van der Waals surface area contributed by atoms with Crippen LogP contribution in [0.2, 0.25) is 0 Å². The van der Waals surface area contributed by atoms with E-state index in [2.05, 4.69) is 38.0 Å². The van der Waals surface area contributed by atoms with Gasteiger partial charge in [-0.1, -0.05) is 26.7 Å². The fraction of sp³-hybridized carbons (Fsp3) is 1.00. The number of likely N-dealkylation sites (tertiary alicyclic amines) is 1. The van der Waals surface area contributed by atoms with Gasteiger partial charge in [-0.3, -0.25) is 4.90 Å². The Bertz CT molecular complexity index is 266. The molecule has 1 saturated heterocycles. The summed E-state index contributed by atoms with van der Waals surface area (Å²) in [5, 5.41) is 3.62. The zero-order valence-electron chi connectivity index (χ0n) is 13.5. The minimum Gasteiger partial charge on any atom is -0.315 e. The van der Waals surface area contributed by atoms with Gasteiger partial charge in [-0.05, 0) is 58.4 Å². The molecule has 0 aromatic carbocycles. The van der Waals surface area contributed by atoms with Crippen LogP contribution in [0.3, 0.4) is 0 Å². The van der Waals surface area contributed by atoms with Gasteiger partial charge in [0.1, 0.15) is 0 Å². The van der Waals surface area contributed by atoms with Gasteiger partial charge in [-0.25, -0.2) is 0 Å². The minimum atomic E-state index is 0.725. The lowest BCUT2D eigenvalue weighted by molar-refractivity contribution is 0.0589. The van der Waals surface area contributed by atoms with Gasteiger partial charge in [0.05, 0.1) is 0 Å². The summed E-state index contributed by atoms with van der Waals surface area (Å²) in [4.78, 5) is 2.89. The van der Waals surface area contributed by atoms with E-state index in [1.165, 1.54) is 51.4 Å². The van der Waals surface area contributed by atoms with Crippen LogP contribution in [0.25, 0.3) is 0 Å². The Labute approximate surface area is 120 Å². The molecule has 1 N–H and O–H groups in total. The zero-order chi connectivity index (χ0) is 13.8. The third-order valence-electron chi connectivity index (χ3n) is 5.70. The molecule has 5 unspecified atom stereocenters. The lowest BCUT2D eigenvalue weighted by Gasteiger charge is -2.45. The highest BCUT2D eigenvalue weighted by Crippen LogP contribution is 2.37. The number of nitrogens with one attached hydrogen (secondary N) is 1. The van der Waals surface area contributed by atoms with E-state index in [0.29, 0.717) is 0 Å². The molecule has 0 radical (unpaired) electrons. The first-order valence-corrected chi connectivity index (χ1v) is 8.65. The highest BCUT2D eigenvalue weighted by atomic mass is 15.3. The van der Waals surface area contributed by atoms with Gasteiger partial charge >= 0.3 is 0 Å². The molecule has 0 spiro atoms. The van der Waals surface area contributed by atoms with E-state index in [0.717, 1.165) is 30.1 Å². The number of likely N-dealkylation sites (N-methyl/N-ethyl adjacent to an activating group) is 1. The molecule has 1 aliphatic carbocycles. The molecule has 112 valence electrons. The van der Waals surface area contributed by atoms with Crippen molar-refractivity contribution in [3.05, 3.63) is 0 Å². The second kappa shape index (κ2) is 7.08. The summed E-state index contributed by atoms with van der Waals surface area (Å²) in [6, 6.07) is 3.16. The minimum absolute atomic E-state index is 0.725. The Morgan fingerprint density at radius 3 is 2.53 bits per heavy atom. The molecule has 0 aromatic heterocycles. The lowest BCUT2D eigenvalue weighted by Crippen LogP contribution is -2.55. The van der Waals surface area contributed by atoms with Gasteiger partial charge in [0.15, 0.2) is 0 Å². The average Bonchev–Trinajstić information content (AvgIpc) is 2.80. The van der Waals surface area contributed by atoms with Crippen LogP contribution in [0.1, 0.15) is 72.1 Å². The van der Waals surface area contributed by atoms with Crippen LogP contribution in [-0.2, 0) is 0 Å². The van der Waals surface area contributed by atoms with Crippen molar-refractivity contribution >= 4 is 0 Å². The van der Waals surface area contributed by atoms with Crippen molar-refractivity contribution in [2.24, 2.45) is 5.92 Å². The van der Waals surface area contributed by atoms with Crippen molar-refractivity contribution < 1.29 is 0 Å². The van der Waals surface area contributed by atoms with E-state index in [4.69, 9.17) is 0 Å². The largest absolute Gasteiger partial charge is 0.315 e. The fourth-order valence-corrected chi connectivity index (χ4v) is 4.67. The molecule has 5 atom stereocenters. The molecule has 0 bridgehead atoms. The summed E-state index contributed by atoms with van der Waals surface area (Å²) < 4.78 is 0. The smallest absolute Gasteiger partial charge is 0.0257 e. The molecule has 2 aliphatic rings. The first-order chi connectivity index (χ1) is 9.21. The topological polar surface area (TPSA) is 15.3 Å². The van der Waals surface area contributed by atoms with E-state index < -0.39 is 0 Å². The summed E-state index contributed by atoms with van der Waals surface area (Å²) in [5.41, 5.74) is 0. The molecule has 0 aromatic rings. The van der Waals surface area contributed by atoms with Gasteiger partial charge < -0.3 is 5.32 Å². The van der Waals surface area contributed by atoms with Crippen molar-refractivity contribution in [3.63, 3.8) is 0 Å². The Balaban J connectivity index is 2.08. The van der Waals surface area contributed by atoms with Crippen molar-refractivity contribution in [2.45, 2.75) is 96.3 Å². The maximum absolute atomic E-state index is 3.62. The molecule has 19 heavy (non-hydrogen) atoms. The average molecular weight is 266 g/mol. The van der Waals surface area contributed by atoms with Crippen LogP contribution in [0.5, 0.6) is 0 Å². The van der Waals surface area contributed by atoms with Crippen LogP contribution < -0.4 is 5.32 Å². The number of nitrogens with zero attached hydrogens (tertiary/aromatic N) is 1. The van der Waals surface area contributed by atoms with Crippen LogP contribution in [0, 0.1) is 5.92 Å². The summed E-state index contributed by atoms with van der Waals surface area (Å²) in [5.74, 6) is 0.977. The molecule has 0 amide bonds. The Morgan fingerprint density at radius 1 is 1.11 bits per heavy atom. The number of hydrogen-bond donors (Lipinski definition) is 1. The highest BCUT2D eigenvalue weighted by molar-refractivity contribution is 4.97. The Morgan fingerprint density at radius 2 is 1.89 bits per heavy atom. The first-order valence-electron chi connectivity index (χ1n) is 8.65. The maximum atomic E-state index is 3.62. The zero-order valence-corrected chi connectivity index (χ0v) is 13.5. The number of rotatable bonds is 5. The van der Waals surface area contributed by atoms with E-state index >= 15 is 0 Å². The van der Waals surface area contributed by atoms with Gasteiger partial charge in [-0.2, -0.15) is 0 Å². The van der Waals surface area contributed by atoms with Crippen molar-refractivity contribution in [1.29, 1.82) is 0 Å². The van der Waals surface area contributed by atoms with E-state index in [1.807, 2.05) is 0 Å². The first kappa shape index (κ1) is 15.3. The predicted octanol–water partition coefficient (Wildman–Crippen LogP) is 3.81. The molecule has 2 rings (SSSR count). The Kier molecular flexibility index (Phi) is 5.70. The third kappa shape index (κ3) is 3.33. The van der Waals surface area contributed by atoms with Crippen molar-refractivity contribution in [2.75, 3.05) is 7.05 Å². The van der Waals surface area contributed by atoms with Crippen LogP contribution in [0.4, 0.5) is 0 Å². The van der Waals surface area contributed by atoms with Gasteiger partial charge in [0, 0.05) is 24.2 Å². The molecular weight excluding hydrogens is 232 g/mol. The molecule has 2 fully saturated rings. The van der Waals surface area contributed by atoms with Gasteiger partial charge in [-0.15, -0.1) is 0 Å². The van der Waals surface area contributed by atoms with Crippen LogP contribution >= 0.6 is 0 Å². The van der Waals surface area contributed by atoms with Crippen molar-refractivity contribution in [3.8, 4) is 0 Å². The monoisotopic (exact) mass is 266 g/mol. The molecular formula is C17H34N2. The van der Waals surface area contributed by atoms with E-state index in [9.17, 15) is 0 Å². The maximum Gasteiger partial charge on any atom is 0.0257 e. The van der Waals surface area contributed by atoms with Gasteiger partial charge in [0.25, 0.3) is 0 Å². The second-order valence-corrected chi connectivity index (χ2v) is 6.87. The summed E-state index contributed by atoms with van der Waals surface area (Å²) in [6.45, 7) is 7.16. The SMILES string of the molecule is CCCC1CCC(NC)C(N2C(C)CCC2CC)C1. The molecule has 1 saturated carbocycles. The van der Waals surface area contributed by atoms with Gasteiger partial charge in [0.2, 0.25) is 0 Å². The molecule has 1 aliphatic heterocycles. The standard InChI is InChI=1S/C17H34N2/c1-5-7-14-9-11-16(18-4)17(12-14)19-13(3)8-10-15(19)6-2/h13-18H,5-12H2,1-4H3.